The molecule has 1 heterocycles. The van der Waals surface area contributed by atoms with Gasteiger partial charge in [0.1, 0.15) is 5.75 Å². The van der Waals surface area contributed by atoms with Crippen molar-refractivity contribution < 1.29 is 9.84 Å². The Morgan fingerprint density at radius 2 is 1.69 bits per heavy atom. The molecule has 1 aliphatic rings. The van der Waals surface area contributed by atoms with Crippen LogP contribution < -0.4 is 4.74 Å². The molecule has 140 valence electrons. The highest BCUT2D eigenvalue weighted by Gasteiger charge is 2.26. The molecule has 3 rings (SSSR count). The first-order valence-corrected chi connectivity index (χ1v) is 9.61. The summed E-state index contributed by atoms with van der Waals surface area (Å²) in [4.78, 5) is 5.01. The Morgan fingerprint density at radius 3 is 2.38 bits per heavy atom. The van der Waals surface area contributed by atoms with Gasteiger partial charge in [0.05, 0.1) is 6.61 Å². The molecule has 1 atom stereocenters. The Balaban J connectivity index is 1.58. The summed E-state index contributed by atoms with van der Waals surface area (Å²) in [6.45, 7) is 7.96. The van der Waals surface area contributed by atoms with E-state index in [0.717, 1.165) is 44.9 Å². The van der Waals surface area contributed by atoms with Gasteiger partial charge in [-0.3, -0.25) is 9.80 Å². The maximum Gasteiger partial charge on any atom is 0.119 e. The monoisotopic (exact) mass is 354 g/mol. The third-order valence-electron chi connectivity index (χ3n) is 5.02. The summed E-state index contributed by atoms with van der Waals surface area (Å²) in [5.74, 6) is 0.932. The molecular formula is C22H30N2O2. The van der Waals surface area contributed by atoms with E-state index < -0.39 is 0 Å². The van der Waals surface area contributed by atoms with Crippen LogP contribution >= 0.6 is 0 Å². The zero-order valence-electron chi connectivity index (χ0n) is 15.7. The number of hydrogen-bond donors (Lipinski definition) is 1. The molecule has 0 unspecified atom stereocenters. The first-order chi connectivity index (χ1) is 12.8. The summed E-state index contributed by atoms with van der Waals surface area (Å²) in [5, 5.41) is 9.50. The first kappa shape index (κ1) is 18.9. The second-order valence-corrected chi connectivity index (χ2v) is 6.93. The van der Waals surface area contributed by atoms with Crippen molar-refractivity contribution in [2.24, 2.45) is 0 Å². The maximum absolute atomic E-state index is 9.50. The van der Waals surface area contributed by atoms with Gasteiger partial charge in [-0.05, 0) is 36.6 Å². The van der Waals surface area contributed by atoms with Crippen molar-refractivity contribution in [3.63, 3.8) is 0 Å². The summed E-state index contributed by atoms with van der Waals surface area (Å²) < 4.78 is 5.52. The molecule has 4 nitrogen and oxygen atoms in total. The Morgan fingerprint density at radius 1 is 0.962 bits per heavy atom. The molecule has 0 amide bonds. The van der Waals surface area contributed by atoms with E-state index in [9.17, 15) is 5.11 Å². The fourth-order valence-corrected chi connectivity index (χ4v) is 3.67. The third kappa shape index (κ3) is 5.31. The molecule has 0 spiro atoms. The van der Waals surface area contributed by atoms with Crippen molar-refractivity contribution in [1.29, 1.82) is 0 Å². The Kier molecular flexibility index (Phi) is 7.06. The van der Waals surface area contributed by atoms with Crippen LogP contribution in [0.25, 0.3) is 0 Å². The summed E-state index contributed by atoms with van der Waals surface area (Å²) in [7, 11) is 0. The highest BCUT2D eigenvalue weighted by atomic mass is 16.5. The van der Waals surface area contributed by atoms with Crippen LogP contribution in [-0.2, 0) is 13.1 Å². The van der Waals surface area contributed by atoms with E-state index in [-0.39, 0.29) is 6.61 Å². The average molecular weight is 354 g/mol. The van der Waals surface area contributed by atoms with Gasteiger partial charge in [-0.1, -0.05) is 42.5 Å². The molecule has 1 aliphatic heterocycles. The van der Waals surface area contributed by atoms with E-state index in [1.807, 2.05) is 6.92 Å². The van der Waals surface area contributed by atoms with Crippen molar-refractivity contribution >= 4 is 0 Å². The second kappa shape index (κ2) is 9.72. The van der Waals surface area contributed by atoms with Gasteiger partial charge in [0.15, 0.2) is 0 Å². The lowest BCUT2D eigenvalue weighted by Gasteiger charge is -2.41. The predicted molar refractivity (Wildman–Crippen MR) is 105 cm³/mol. The van der Waals surface area contributed by atoms with Crippen molar-refractivity contribution in [1.82, 2.24) is 9.80 Å². The fraction of sp³-hybridized carbons (Fsp3) is 0.455. The molecule has 0 aromatic heterocycles. The van der Waals surface area contributed by atoms with Gasteiger partial charge in [-0.15, -0.1) is 0 Å². The molecular weight excluding hydrogens is 324 g/mol. The van der Waals surface area contributed by atoms with Crippen LogP contribution in [0.3, 0.4) is 0 Å². The number of aliphatic hydroxyl groups is 1. The zero-order valence-corrected chi connectivity index (χ0v) is 15.7. The summed E-state index contributed by atoms with van der Waals surface area (Å²) in [6, 6.07) is 19.4. The number of hydrogen-bond acceptors (Lipinski definition) is 4. The summed E-state index contributed by atoms with van der Waals surface area (Å²) in [5.41, 5.74) is 2.66. The quantitative estimate of drug-likeness (QED) is 0.790. The van der Waals surface area contributed by atoms with Crippen molar-refractivity contribution in [2.75, 3.05) is 32.8 Å². The number of ether oxygens (including phenoxy) is 1. The third-order valence-corrected chi connectivity index (χ3v) is 5.02. The van der Waals surface area contributed by atoms with E-state index in [0.29, 0.717) is 12.6 Å². The molecule has 26 heavy (non-hydrogen) atoms. The largest absolute Gasteiger partial charge is 0.494 e. The van der Waals surface area contributed by atoms with Crippen LogP contribution in [0.1, 0.15) is 24.5 Å². The van der Waals surface area contributed by atoms with Gasteiger partial charge in [0.2, 0.25) is 0 Å². The predicted octanol–water partition coefficient (Wildman–Crippen LogP) is 3.15. The number of rotatable bonds is 8. The van der Waals surface area contributed by atoms with Gasteiger partial charge >= 0.3 is 0 Å². The molecule has 1 saturated heterocycles. The normalized spacial score (nSPS) is 18.8. The topological polar surface area (TPSA) is 35.9 Å². The lowest BCUT2D eigenvalue weighted by atomic mass is 10.1. The molecule has 1 fully saturated rings. The number of piperazine rings is 1. The molecule has 1 N–H and O–H groups in total. The van der Waals surface area contributed by atoms with Crippen LogP contribution in [0, 0.1) is 0 Å². The molecule has 0 saturated carbocycles. The standard InChI is InChI=1S/C22H30N2O2/c1-2-26-22-10-8-20(9-11-22)16-23-13-14-24(21(18-23)12-15-25)17-19-6-4-3-5-7-19/h3-11,21,25H,2,12-18H2,1H3/t21-/m1/s1. The van der Waals surface area contributed by atoms with Crippen LogP contribution in [0.15, 0.2) is 54.6 Å². The maximum atomic E-state index is 9.50. The highest BCUT2D eigenvalue weighted by molar-refractivity contribution is 5.27. The minimum absolute atomic E-state index is 0.243. The van der Waals surface area contributed by atoms with Crippen LogP contribution in [0.4, 0.5) is 0 Å². The average Bonchev–Trinajstić information content (AvgIpc) is 2.67. The van der Waals surface area contributed by atoms with Crippen LogP contribution in [0.5, 0.6) is 5.75 Å². The molecule has 4 heteroatoms. The molecule has 0 bridgehead atoms. The number of benzene rings is 2. The minimum Gasteiger partial charge on any atom is -0.494 e. The van der Waals surface area contributed by atoms with Gasteiger partial charge in [0, 0.05) is 45.4 Å². The Bertz CT molecular complexity index is 645. The van der Waals surface area contributed by atoms with Crippen molar-refractivity contribution in [3.05, 3.63) is 65.7 Å². The van der Waals surface area contributed by atoms with Crippen LogP contribution in [0.2, 0.25) is 0 Å². The van der Waals surface area contributed by atoms with Gasteiger partial charge in [-0.2, -0.15) is 0 Å². The minimum atomic E-state index is 0.243. The van der Waals surface area contributed by atoms with E-state index >= 15 is 0 Å². The summed E-state index contributed by atoms with van der Waals surface area (Å²) in [6.07, 6.45) is 0.826. The van der Waals surface area contributed by atoms with E-state index in [2.05, 4.69) is 64.4 Å². The summed E-state index contributed by atoms with van der Waals surface area (Å²) >= 11 is 0. The van der Waals surface area contributed by atoms with E-state index in [1.54, 1.807) is 0 Å². The zero-order chi connectivity index (χ0) is 18.2. The lowest BCUT2D eigenvalue weighted by Crippen LogP contribution is -2.52. The molecule has 2 aromatic rings. The first-order valence-electron chi connectivity index (χ1n) is 9.61. The molecule has 0 aliphatic carbocycles. The number of aliphatic hydroxyl groups excluding tert-OH is 1. The number of nitrogens with zero attached hydrogens (tertiary/aromatic N) is 2. The highest BCUT2D eigenvalue weighted by Crippen LogP contribution is 2.19. The SMILES string of the molecule is CCOc1ccc(CN2CCN(Cc3ccccc3)[C@H](CCO)C2)cc1. The van der Waals surface area contributed by atoms with Crippen LogP contribution in [-0.4, -0.2) is 53.8 Å². The molecule has 2 aromatic carbocycles. The van der Waals surface area contributed by atoms with E-state index in [1.165, 1.54) is 11.1 Å². The van der Waals surface area contributed by atoms with E-state index in [4.69, 9.17) is 4.74 Å². The molecule has 0 radical (unpaired) electrons. The Labute approximate surface area is 157 Å². The van der Waals surface area contributed by atoms with Crippen molar-refractivity contribution in [3.8, 4) is 5.75 Å². The van der Waals surface area contributed by atoms with Gasteiger partial charge in [0.25, 0.3) is 0 Å². The van der Waals surface area contributed by atoms with Crippen molar-refractivity contribution in [2.45, 2.75) is 32.5 Å². The van der Waals surface area contributed by atoms with Gasteiger partial charge in [-0.25, -0.2) is 0 Å². The smallest absolute Gasteiger partial charge is 0.119 e. The fourth-order valence-electron chi connectivity index (χ4n) is 3.67. The lowest BCUT2D eigenvalue weighted by molar-refractivity contribution is 0.0500. The second-order valence-electron chi connectivity index (χ2n) is 6.93. The van der Waals surface area contributed by atoms with Gasteiger partial charge < -0.3 is 9.84 Å². The Hall–Kier alpha value is -1.88.